The molecule has 0 saturated carbocycles. The molecule has 10 heavy (non-hydrogen) atoms. The Kier molecular flexibility index (Phi) is 2.50. The first-order chi connectivity index (χ1) is 4.47. The first-order valence-electron chi connectivity index (χ1n) is 2.81. The number of hydrogen-bond acceptors (Lipinski definition) is 1. The fraction of sp³-hybridized carbons (Fsp3) is 0. The van der Waals surface area contributed by atoms with Crippen molar-refractivity contribution in [2.45, 2.75) is 0 Å². The molecular weight excluding hydrogens is 192 g/mol. The van der Waals surface area contributed by atoms with Crippen molar-refractivity contribution in [2.24, 2.45) is 0 Å². The van der Waals surface area contributed by atoms with E-state index in [-0.39, 0.29) is 17.1 Å². The van der Waals surface area contributed by atoms with Crippen molar-refractivity contribution >= 4 is 21.4 Å². The Labute approximate surface area is 74.3 Å². The Hall–Kier alpha value is -0.301. The van der Waals surface area contributed by atoms with Gasteiger partial charge in [-0.25, -0.2) is 11.3 Å². The molecule has 0 unspecified atom stereocenters. The number of benzene rings is 1. The zero-order valence-corrected chi connectivity index (χ0v) is 6.85. The average molecular weight is 197 g/mol. The van der Waals surface area contributed by atoms with Crippen molar-refractivity contribution in [3.8, 4) is 0 Å². The van der Waals surface area contributed by atoms with Gasteiger partial charge in [-0.2, -0.15) is 17.5 Å². The molecule has 2 rings (SSSR count). The predicted octanol–water partition coefficient (Wildman–Crippen LogP) is 2.70. The molecule has 0 spiro atoms. The second-order valence-electron chi connectivity index (χ2n) is 1.88. The van der Waals surface area contributed by atoms with E-state index in [4.69, 9.17) is 0 Å². The van der Waals surface area contributed by atoms with Crippen LogP contribution in [0.2, 0.25) is 0 Å². The molecule has 0 aliphatic rings. The molecule has 0 atom stereocenters. The first kappa shape index (κ1) is 7.80. The Balaban J connectivity index is 0.000000500. The second kappa shape index (κ2) is 3.20. The van der Waals surface area contributed by atoms with E-state index >= 15 is 0 Å². The van der Waals surface area contributed by atoms with Crippen molar-refractivity contribution in [1.82, 2.24) is 0 Å². The molecule has 0 bridgehead atoms. The van der Waals surface area contributed by atoms with E-state index in [1.54, 1.807) is 11.3 Å². The van der Waals surface area contributed by atoms with Gasteiger partial charge < -0.3 is 0 Å². The van der Waals surface area contributed by atoms with Gasteiger partial charge in [0.15, 0.2) is 0 Å². The minimum absolute atomic E-state index is 0. The van der Waals surface area contributed by atoms with E-state index in [0.29, 0.717) is 0 Å². The first-order valence-corrected chi connectivity index (χ1v) is 3.69. The summed E-state index contributed by atoms with van der Waals surface area (Å²) in [7, 11) is 0. The zero-order chi connectivity index (χ0) is 6.10. The van der Waals surface area contributed by atoms with Gasteiger partial charge in [-0.3, -0.25) is 0 Å². The predicted molar refractivity (Wildman–Crippen MR) is 40.7 cm³/mol. The Bertz CT molecular complexity index is 283. The molecule has 54 valence electrons. The monoisotopic (exact) mass is 196 g/mol. The fourth-order valence-corrected chi connectivity index (χ4v) is 1.57. The number of hydrogen-bond donors (Lipinski definition) is 0. The zero-order valence-electron chi connectivity index (χ0n) is 5.10. The van der Waals surface area contributed by atoms with Crippen LogP contribution in [-0.2, 0) is 17.1 Å². The average Bonchev–Trinajstić information content (AvgIpc) is 2.33. The Morgan fingerprint density at radius 3 is 2.80 bits per heavy atom. The maximum atomic E-state index is 3.14. The SMILES string of the molecule is [Cu+].[c-]1csc2ccccc12. The van der Waals surface area contributed by atoms with Gasteiger partial charge in [-0.05, 0) is 0 Å². The summed E-state index contributed by atoms with van der Waals surface area (Å²) >= 11 is 1.73. The van der Waals surface area contributed by atoms with Crippen molar-refractivity contribution in [3.63, 3.8) is 0 Å². The van der Waals surface area contributed by atoms with Crippen LogP contribution >= 0.6 is 11.3 Å². The molecule has 2 aromatic rings. The van der Waals surface area contributed by atoms with Crippen molar-refractivity contribution < 1.29 is 17.1 Å². The van der Waals surface area contributed by atoms with Crippen LogP contribution in [0.1, 0.15) is 0 Å². The normalized spacial score (nSPS) is 9.20. The van der Waals surface area contributed by atoms with Gasteiger partial charge in [-0.15, -0.1) is 12.1 Å². The molecule has 0 radical (unpaired) electrons. The number of thiophene rings is 1. The fourth-order valence-electron chi connectivity index (χ4n) is 0.845. The molecule has 0 N–H and O–H groups in total. The van der Waals surface area contributed by atoms with Crippen molar-refractivity contribution in [3.05, 3.63) is 35.7 Å². The van der Waals surface area contributed by atoms with Gasteiger partial charge in [0.2, 0.25) is 0 Å². The molecule has 2 heteroatoms. The summed E-state index contributed by atoms with van der Waals surface area (Å²) in [6.45, 7) is 0. The van der Waals surface area contributed by atoms with E-state index in [1.807, 2.05) is 17.5 Å². The molecule has 1 aromatic heterocycles. The van der Waals surface area contributed by atoms with Gasteiger partial charge in [0.1, 0.15) is 0 Å². The minimum atomic E-state index is 0. The summed E-state index contributed by atoms with van der Waals surface area (Å²) in [5.74, 6) is 0. The van der Waals surface area contributed by atoms with E-state index < -0.39 is 0 Å². The molecule has 0 aliphatic heterocycles. The Morgan fingerprint density at radius 1 is 1.20 bits per heavy atom. The van der Waals surface area contributed by atoms with E-state index in [2.05, 4.69) is 18.2 Å². The minimum Gasteiger partial charge on any atom is -0.226 e. The number of rotatable bonds is 0. The maximum Gasteiger partial charge on any atom is 1.00 e. The molecule has 0 fully saturated rings. The van der Waals surface area contributed by atoms with Crippen molar-refractivity contribution in [2.75, 3.05) is 0 Å². The molecule has 1 aromatic carbocycles. The standard InChI is InChI=1S/C8H5S.Cu/c1-2-4-8-7(3-1)5-6-9-8;/h1-4,6H;/q-1;+1. The van der Waals surface area contributed by atoms with E-state index in [9.17, 15) is 0 Å². The molecular formula is C8H5CuS. The smallest absolute Gasteiger partial charge is 0.226 e. The van der Waals surface area contributed by atoms with Crippen LogP contribution in [0.4, 0.5) is 0 Å². The van der Waals surface area contributed by atoms with Crippen LogP contribution in [0.25, 0.3) is 10.1 Å². The van der Waals surface area contributed by atoms with Gasteiger partial charge in [0.25, 0.3) is 0 Å². The maximum absolute atomic E-state index is 3.14. The second-order valence-corrected chi connectivity index (χ2v) is 2.79. The summed E-state index contributed by atoms with van der Waals surface area (Å²) < 4.78 is 1.32. The summed E-state index contributed by atoms with van der Waals surface area (Å²) in [6.07, 6.45) is 0. The largest absolute Gasteiger partial charge is 1.00 e. The van der Waals surface area contributed by atoms with E-state index in [1.165, 1.54) is 10.1 Å². The van der Waals surface area contributed by atoms with Crippen LogP contribution in [0.15, 0.2) is 29.6 Å². The molecule has 1 heterocycles. The molecule has 0 aliphatic carbocycles. The van der Waals surface area contributed by atoms with Crippen LogP contribution < -0.4 is 0 Å². The van der Waals surface area contributed by atoms with Gasteiger partial charge in [0, 0.05) is 0 Å². The van der Waals surface area contributed by atoms with Crippen molar-refractivity contribution in [1.29, 1.82) is 0 Å². The van der Waals surface area contributed by atoms with Crippen LogP contribution in [0.3, 0.4) is 0 Å². The quantitative estimate of drug-likeness (QED) is 0.449. The van der Waals surface area contributed by atoms with Gasteiger partial charge in [0.05, 0.1) is 0 Å². The molecule has 0 nitrogen and oxygen atoms in total. The summed E-state index contributed by atoms with van der Waals surface area (Å²) in [4.78, 5) is 0. The Morgan fingerprint density at radius 2 is 2.00 bits per heavy atom. The molecule has 0 amide bonds. The van der Waals surface area contributed by atoms with Crippen LogP contribution in [-0.4, -0.2) is 0 Å². The number of fused-ring (bicyclic) bond motifs is 1. The molecule has 0 saturated heterocycles. The summed E-state index contributed by atoms with van der Waals surface area (Å²) in [5, 5.41) is 3.22. The topological polar surface area (TPSA) is 0 Å². The van der Waals surface area contributed by atoms with E-state index in [0.717, 1.165) is 0 Å². The van der Waals surface area contributed by atoms with Crippen LogP contribution in [0, 0.1) is 6.07 Å². The van der Waals surface area contributed by atoms with Gasteiger partial charge in [-0.1, -0.05) is 16.1 Å². The van der Waals surface area contributed by atoms with Gasteiger partial charge >= 0.3 is 17.1 Å². The third kappa shape index (κ3) is 1.24. The van der Waals surface area contributed by atoms with Crippen LogP contribution in [0.5, 0.6) is 0 Å². The summed E-state index contributed by atoms with van der Waals surface area (Å²) in [5.41, 5.74) is 0. The summed E-state index contributed by atoms with van der Waals surface area (Å²) in [6, 6.07) is 11.4. The third-order valence-corrected chi connectivity index (χ3v) is 2.13. The third-order valence-electron chi connectivity index (χ3n) is 1.29.